The Morgan fingerprint density at radius 3 is 2.19 bits per heavy atom. The summed E-state index contributed by atoms with van der Waals surface area (Å²) in [6.45, 7) is 0.723. The van der Waals surface area contributed by atoms with E-state index in [0.717, 1.165) is 0 Å². The second-order valence-electron chi connectivity index (χ2n) is 3.16. The first-order chi connectivity index (χ1) is 7.31. The summed E-state index contributed by atoms with van der Waals surface area (Å²) in [5.41, 5.74) is 9.73. The minimum absolute atomic E-state index is 0.497. The maximum Gasteiger partial charge on any atom is 0.345 e. The third-order valence-electron chi connectivity index (χ3n) is 1.94. The highest BCUT2D eigenvalue weighted by Crippen LogP contribution is 2.13. The van der Waals surface area contributed by atoms with E-state index < -0.39 is 42.5 Å². The number of carboxylic acids is 1. The largest absolute Gasteiger partial charge is 0.478 e. The summed E-state index contributed by atoms with van der Waals surface area (Å²) in [7, 11) is 0. The van der Waals surface area contributed by atoms with Gasteiger partial charge < -0.3 is 26.4 Å². The van der Waals surface area contributed by atoms with Crippen molar-refractivity contribution in [1.82, 2.24) is 0 Å². The highest BCUT2D eigenvalue weighted by Gasteiger charge is 2.35. The van der Waals surface area contributed by atoms with Gasteiger partial charge in [-0.2, -0.15) is 0 Å². The molecule has 0 aliphatic rings. The zero-order chi connectivity index (χ0) is 12.9. The molecule has 3 unspecified atom stereocenters. The van der Waals surface area contributed by atoms with Gasteiger partial charge in [-0.25, -0.2) is 4.79 Å². The maximum atomic E-state index is 10.8. The summed E-state index contributed by atoms with van der Waals surface area (Å²) in [4.78, 5) is 32.2. The Labute approximate surface area is 91.2 Å². The van der Waals surface area contributed by atoms with E-state index in [1.807, 2.05) is 0 Å². The van der Waals surface area contributed by atoms with Crippen LogP contribution in [0.1, 0.15) is 6.92 Å². The van der Waals surface area contributed by atoms with E-state index in [1.165, 1.54) is 6.92 Å². The lowest BCUT2D eigenvalue weighted by Gasteiger charge is -2.22. The number of esters is 1. The van der Waals surface area contributed by atoms with Gasteiger partial charge in [0, 0.05) is 5.92 Å². The van der Waals surface area contributed by atoms with Gasteiger partial charge in [0.2, 0.25) is 12.0 Å². The minimum atomic E-state index is -1.72. The summed E-state index contributed by atoms with van der Waals surface area (Å²) < 4.78 is 4.46. The third-order valence-corrected chi connectivity index (χ3v) is 1.94. The molecule has 0 radical (unpaired) electrons. The van der Waals surface area contributed by atoms with Crippen LogP contribution in [0.5, 0.6) is 0 Å². The molecule has 0 aromatic heterocycles. The van der Waals surface area contributed by atoms with E-state index in [9.17, 15) is 19.5 Å². The molecule has 0 heterocycles. The third kappa shape index (κ3) is 3.83. The molecule has 0 aromatic rings. The molecule has 1 amide bonds. The van der Waals surface area contributed by atoms with E-state index in [0.29, 0.717) is 0 Å². The predicted octanol–water partition coefficient (Wildman–Crippen LogP) is -2.58. The molecule has 0 aliphatic heterocycles. The van der Waals surface area contributed by atoms with Gasteiger partial charge in [-0.1, -0.05) is 6.92 Å². The monoisotopic (exact) mass is 234 g/mol. The van der Waals surface area contributed by atoms with E-state index in [-0.39, 0.29) is 0 Å². The molecular weight excluding hydrogens is 220 g/mol. The van der Waals surface area contributed by atoms with Crippen molar-refractivity contribution < 1.29 is 29.3 Å². The highest BCUT2D eigenvalue weighted by atomic mass is 16.6. The van der Waals surface area contributed by atoms with Crippen LogP contribution in [0.25, 0.3) is 0 Å². The van der Waals surface area contributed by atoms with Crippen LogP contribution in [0.4, 0.5) is 0 Å². The van der Waals surface area contributed by atoms with E-state index in [1.54, 1.807) is 0 Å². The van der Waals surface area contributed by atoms with Crippen LogP contribution in [-0.2, 0) is 19.1 Å². The number of aliphatic hydroxyl groups is 1. The second-order valence-corrected chi connectivity index (χ2v) is 3.16. The Hall–Kier alpha value is -1.67. The van der Waals surface area contributed by atoms with E-state index in [4.69, 9.17) is 16.6 Å². The number of aliphatic hydroxyl groups excluding tert-OH is 1. The Morgan fingerprint density at radius 1 is 1.38 bits per heavy atom. The van der Waals surface area contributed by atoms with Gasteiger partial charge in [0.25, 0.3) is 0 Å². The number of carboxylic acid groups (broad SMARTS) is 1. The molecule has 0 fully saturated rings. The molecule has 0 spiro atoms. The zero-order valence-electron chi connectivity index (χ0n) is 8.62. The highest BCUT2D eigenvalue weighted by molar-refractivity contribution is 5.82. The quantitative estimate of drug-likeness (QED) is 0.368. The van der Waals surface area contributed by atoms with Crippen molar-refractivity contribution in [3.8, 4) is 0 Å². The summed E-state index contributed by atoms with van der Waals surface area (Å²) in [6, 6.07) is 0. The van der Waals surface area contributed by atoms with Crippen molar-refractivity contribution in [2.24, 2.45) is 17.4 Å². The van der Waals surface area contributed by atoms with Crippen LogP contribution in [0, 0.1) is 5.92 Å². The van der Waals surface area contributed by atoms with Crippen molar-refractivity contribution in [3.63, 3.8) is 0 Å². The summed E-state index contributed by atoms with van der Waals surface area (Å²) in [5, 5.41) is 18.0. The first-order valence-electron chi connectivity index (χ1n) is 4.41. The molecular formula is C8H14N2O6. The van der Waals surface area contributed by atoms with Crippen LogP contribution in [0.15, 0.2) is 0 Å². The van der Waals surface area contributed by atoms with E-state index in [2.05, 4.69) is 4.74 Å². The van der Waals surface area contributed by atoms with Gasteiger partial charge in [0.05, 0.1) is 6.54 Å². The number of carbonyl (C=O) groups is 3. The summed E-state index contributed by atoms with van der Waals surface area (Å²) >= 11 is 0. The number of aliphatic carboxylic acids is 1. The van der Waals surface area contributed by atoms with Gasteiger partial charge in [0.1, 0.15) is 6.10 Å². The predicted molar refractivity (Wildman–Crippen MR) is 50.9 cm³/mol. The fraction of sp³-hybridized carbons (Fsp3) is 0.625. The second kappa shape index (κ2) is 6.03. The molecule has 0 bridgehead atoms. The number of amides is 1. The van der Waals surface area contributed by atoms with Gasteiger partial charge in [-0.15, -0.1) is 0 Å². The fourth-order valence-electron chi connectivity index (χ4n) is 0.997. The molecule has 16 heavy (non-hydrogen) atoms. The average molecular weight is 234 g/mol. The lowest BCUT2D eigenvalue weighted by molar-refractivity contribution is -0.170. The fourth-order valence-corrected chi connectivity index (χ4v) is 0.997. The standard InChI is InChI=1S/C8H14N2O6/c1-3(5(12)7(10)13)6(8(14)15)16-4(11)2-9/h3,5-6,12H,2,9H2,1H3,(H2,10,13)(H,14,15). The molecule has 0 saturated carbocycles. The van der Waals surface area contributed by atoms with Crippen LogP contribution in [0.2, 0.25) is 0 Å². The van der Waals surface area contributed by atoms with Gasteiger partial charge >= 0.3 is 11.9 Å². The number of hydrogen-bond donors (Lipinski definition) is 4. The van der Waals surface area contributed by atoms with E-state index >= 15 is 0 Å². The molecule has 0 saturated heterocycles. The molecule has 0 rings (SSSR count). The topological polar surface area (TPSA) is 153 Å². The molecule has 0 aliphatic carbocycles. The molecule has 6 N–H and O–H groups in total. The molecule has 92 valence electrons. The normalized spacial score (nSPS) is 15.9. The zero-order valence-corrected chi connectivity index (χ0v) is 8.62. The number of nitrogens with two attached hydrogens (primary N) is 2. The van der Waals surface area contributed by atoms with Crippen molar-refractivity contribution in [3.05, 3.63) is 0 Å². The minimum Gasteiger partial charge on any atom is -0.478 e. The van der Waals surface area contributed by atoms with Crippen LogP contribution < -0.4 is 11.5 Å². The van der Waals surface area contributed by atoms with Crippen molar-refractivity contribution in [1.29, 1.82) is 0 Å². The van der Waals surface area contributed by atoms with Crippen LogP contribution in [-0.4, -0.2) is 46.8 Å². The van der Waals surface area contributed by atoms with Gasteiger partial charge in [-0.3, -0.25) is 9.59 Å². The Kier molecular flexibility index (Phi) is 5.40. The molecule has 0 aromatic carbocycles. The SMILES string of the molecule is CC(C(O)C(N)=O)C(OC(=O)CN)C(=O)O. The van der Waals surface area contributed by atoms with Gasteiger partial charge in [0.15, 0.2) is 0 Å². The number of ether oxygens (including phenoxy) is 1. The summed E-state index contributed by atoms with van der Waals surface area (Å²) in [5.74, 6) is -4.70. The number of rotatable bonds is 6. The Balaban J connectivity index is 4.71. The smallest absolute Gasteiger partial charge is 0.345 e. The first-order valence-corrected chi connectivity index (χ1v) is 4.41. The lowest BCUT2D eigenvalue weighted by Crippen LogP contribution is -2.45. The van der Waals surface area contributed by atoms with Crippen molar-refractivity contribution >= 4 is 17.8 Å². The van der Waals surface area contributed by atoms with Crippen LogP contribution in [0.3, 0.4) is 0 Å². The van der Waals surface area contributed by atoms with Crippen LogP contribution >= 0.6 is 0 Å². The van der Waals surface area contributed by atoms with Gasteiger partial charge in [-0.05, 0) is 0 Å². The molecule has 3 atom stereocenters. The lowest BCUT2D eigenvalue weighted by atomic mass is 9.97. The Morgan fingerprint density at radius 2 is 1.88 bits per heavy atom. The molecule has 8 heteroatoms. The first kappa shape index (κ1) is 14.3. The average Bonchev–Trinajstić information content (AvgIpc) is 2.22. The maximum absolute atomic E-state index is 10.8. The van der Waals surface area contributed by atoms with Crippen molar-refractivity contribution in [2.45, 2.75) is 19.1 Å². The Bertz CT molecular complexity index is 292. The number of hydrogen-bond acceptors (Lipinski definition) is 6. The molecule has 8 nitrogen and oxygen atoms in total. The van der Waals surface area contributed by atoms with Crippen molar-refractivity contribution in [2.75, 3.05) is 6.54 Å². The number of primary amides is 1. The summed E-state index contributed by atoms with van der Waals surface area (Å²) in [6.07, 6.45) is -3.38. The number of carbonyl (C=O) groups excluding carboxylic acids is 2.